The minimum atomic E-state index is -0.948. The Morgan fingerprint density at radius 2 is 2.17 bits per heavy atom. The Morgan fingerprint density at radius 1 is 1.38 bits per heavy atom. The first kappa shape index (κ1) is 21.3. The highest BCUT2D eigenvalue weighted by Gasteiger charge is 2.31. The molecule has 29 heavy (non-hydrogen) atoms. The topological polar surface area (TPSA) is 71.5 Å². The third-order valence-corrected chi connectivity index (χ3v) is 5.71. The number of carbonyl (C=O) groups is 2. The summed E-state index contributed by atoms with van der Waals surface area (Å²) < 4.78 is 31.6. The van der Waals surface area contributed by atoms with Crippen LogP contribution in [0.25, 0.3) is 11.3 Å². The molecular formula is C20H23F2N3O3S. The number of rotatable bonds is 6. The summed E-state index contributed by atoms with van der Waals surface area (Å²) in [7, 11) is 0. The fourth-order valence-corrected chi connectivity index (χ4v) is 4.03. The molecule has 0 unspecified atom stereocenters. The first-order valence-electron chi connectivity index (χ1n) is 9.51. The zero-order valence-electron chi connectivity index (χ0n) is 16.3. The maximum absolute atomic E-state index is 13.4. The summed E-state index contributed by atoms with van der Waals surface area (Å²) in [5, 5.41) is 4.81. The van der Waals surface area contributed by atoms with E-state index >= 15 is 0 Å². The number of nitrogens with one attached hydrogen (secondary N) is 1. The summed E-state index contributed by atoms with van der Waals surface area (Å²) in [6.45, 7) is 5.10. The van der Waals surface area contributed by atoms with Crippen molar-refractivity contribution in [2.45, 2.75) is 32.7 Å². The molecule has 1 amide bonds. The molecule has 1 aromatic heterocycles. The molecule has 0 bridgehead atoms. The first-order valence-corrected chi connectivity index (χ1v) is 10.4. The fraction of sp³-hybridized carbons (Fsp3) is 0.450. The molecule has 0 spiro atoms. The molecule has 9 heteroatoms. The van der Waals surface area contributed by atoms with Crippen LogP contribution < -0.4 is 5.32 Å². The van der Waals surface area contributed by atoms with E-state index in [-0.39, 0.29) is 17.8 Å². The minimum Gasteiger partial charge on any atom is -0.466 e. The molecule has 1 aliphatic heterocycles. The van der Waals surface area contributed by atoms with Crippen molar-refractivity contribution in [2.75, 3.05) is 25.0 Å². The molecule has 1 aliphatic rings. The molecule has 3 rings (SSSR count). The molecular weight excluding hydrogens is 400 g/mol. The van der Waals surface area contributed by atoms with Crippen LogP contribution in [0.4, 0.5) is 13.9 Å². The van der Waals surface area contributed by atoms with Crippen molar-refractivity contribution >= 4 is 28.3 Å². The van der Waals surface area contributed by atoms with Gasteiger partial charge in [0.15, 0.2) is 16.8 Å². The van der Waals surface area contributed by atoms with Crippen molar-refractivity contribution in [3.05, 3.63) is 35.2 Å². The van der Waals surface area contributed by atoms with Gasteiger partial charge in [0.1, 0.15) is 0 Å². The van der Waals surface area contributed by atoms with E-state index in [2.05, 4.69) is 10.3 Å². The Labute approximate surface area is 171 Å². The number of aromatic nitrogens is 1. The number of anilines is 1. The van der Waals surface area contributed by atoms with E-state index in [1.54, 1.807) is 19.2 Å². The number of amides is 1. The molecule has 1 saturated heterocycles. The van der Waals surface area contributed by atoms with Gasteiger partial charge >= 0.3 is 5.97 Å². The second-order valence-corrected chi connectivity index (χ2v) is 7.78. The van der Waals surface area contributed by atoms with Crippen LogP contribution in [-0.2, 0) is 14.3 Å². The predicted molar refractivity (Wildman–Crippen MR) is 106 cm³/mol. The van der Waals surface area contributed by atoms with Gasteiger partial charge in [-0.3, -0.25) is 14.5 Å². The SMILES string of the molecule is CCOC(=O)[C@@H]1CCCN([C@@H](C)C(=O)Nc2nc(-c3ccc(F)c(F)c3)cs2)C1. The van der Waals surface area contributed by atoms with Crippen LogP contribution in [-0.4, -0.2) is 47.5 Å². The summed E-state index contributed by atoms with van der Waals surface area (Å²) in [5.41, 5.74) is 0.888. The van der Waals surface area contributed by atoms with Crippen LogP contribution in [0.1, 0.15) is 26.7 Å². The lowest BCUT2D eigenvalue weighted by atomic mass is 9.97. The zero-order chi connectivity index (χ0) is 21.0. The standard InChI is InChI=1S/C20H23F2N3O3S/c1-3-28-19(27)14-5-4-8-25(10-14)12(2)18(26)24-20-23-17(11-29-20)13-6-7-15(21)16(22)9-13/h6-7,9,11-12,14H,3-5,8,10H2,1-2H3,(H,23,24,26)/t12-,14+/m0/s1. The number of piperidine rings is 1. The average molecular weight is 423 g/mol. The number of esters is 1. The Balaban J connectivity index is 1.62. The molecule has 1 fully saturated rings. The van der Waals surface area contributed by atoms with Crippen LogP contribution in [0.15, 0.2) is 23.6 Å². The van der Waals surface area contributed by atoms with Gasteiger partial charge in [-0.1, -0.05) is 0 Å². The van der Waals surface area contributed by atoms with Gasteiger partial charge in [-0.05, 0) is 51.4 Å². The van der Waals surface area contributed by atoms with E-state index in [4.69, 9.17) is 4.74 Å². The third-order valence-electron chi connectivity index (χ3n) is 4.95. The van der Waals surface area contributed by atoms with Crippen molar-refractivity contribution < 1.29 is 23.1 Å². The Bertz CT molecular complexity index is 890. The molecule has 2 atom stereocenters. The number of nitrogens with zero attached hydrogens (tertiary/aromatic N) is 2. The van der Waals surface area contributed by atoms with E-state index in [1.165, 1.54) is 17.4 Å². The van der Waals surface area contributed by atoms with Crippen molar-refractivity contribution in [3.63, 3.8) is 0 Å². The number of hydrogen-bond donors (Lipinski definition) is 1. The van der Waals surface area contributed by atoms with Gasteiger partial charge in [-0.2, -0.15) is 0 Å². The number of benzene rings is 1. The van der Waals surface area contributed by atoms with Crippen molar-refractivity contribution in [1.82, 2.24) is 9.88 Å². The van der Waals surface area contributed by atoms with Crippen molar-refractivity contribution in [1.29, 1.82) is 0 Å². The van der Waals surface area contributed by atoms with Crippen LogP contribution in [0, 0.1) is 17.6 Å². The average Bonchev–Trinajstić information content (AvgIpc) is 3.18. The van der Waals surface area contributed by atoms with Gasteiger partial charge in [0.2, 0.25) is 5.91 Å². The molecule has 2 heterocycles. The second-order valence-electron chi connectivity index (χ2n) is 6.92. The number of likely N-dealkylation sites (tertiary alicyclic amines) is 1. The van der Waals surface area contributed by atoms with Gasteiger partial charge in [-0.25, -0.2) is 13.8 Å². The maximum Gasteiger partial charge on any atom is 0.310 e. The molecule has 156 valence electrons. The van der Waals surface area contributed by atoms with E-state index in [0.29, 0.717) is 29.5 Å². The fourth-order valence-electron chi connectivity index (χ4n) is 3.31. The lowest BCUT2D eigenvalue weighted by molar-refractivity contribution is -0.150. The van der Waals surface area contributed by atoms with Gasteiger partial charge in [-0.15, -0.1) is 11.3 Å². The molecule has 0 radical (unpaired) electrons. The normalized spacial score (nSPS) is 18.3. The van der Waals surface area contributed by atoms with E-state index in [1.807, 2.05) is 4.90 Å². The summed E-state index contributed by atoms with van der Waals surface area (Å²) >= 11 is 1.21. The predicted octanol–water partition coefficient (Wildman–Crippen LogP) is 3.69. The molecule has 1 aromatic carbocycles. The van der Waals surface area contributed by atoms with Crippen LogP contribution >= 0.6 is 11.3 Å². The highest BCUT2D eigenvalue weighted by atomic mass is 32.1. The highest BCUT2D eigenvalue weighted by molar-refractivity contribution is 7.14. The number of carbonyl (C=O) groups excluding carboxylic acids is 2. The summed E-state index contributed by atoms with van der Waals surface area (Å²) in [6, 6.07) is 3.11. The Morgan fingerprint density at radius 3 is 2.90 bits per heavy atom. The van der Waals surface area contributed by atoms with Gasteiger partial charge in [0.25, 0.3) is 0 Å². The maximum atomic E-state index is 13.4. The molecule has 6 nitrogen and oxygen atoms in total. The van der Waals surface area contributed by atoms with Crippen molar-refractivity contribution in [3.8, 4) is 11.3 Å². The number of ether oxygens (including phenoxy) is 1. The summed E-state index contributed by atoms with van der Waals surface area (Å²) in [6.07, 6.45) is 1.58. The Kier molecular flexibility index (Phi) is 6.92. The van der Waals surface area contributed by atoms with Gasteiger partial charge in [0, 0.05) is 17.5 Å². The minimum absolute atomic E-state index is 0.221. The lowest BCUT2D eigenvalue weighted by Crippen LogP contribution is -2.48. The largest absolute Gasteiger partial charge is 0.466 e. The van der Waals surface area contributed by atoms with Gasteiger partial charge < -0.3 is 10.1 Å². The van der Waals surface area contributed by atoms with Crippen LogP contribution in [0.2, 0.25) is 0 Å². The first-order chi connectivity index (χ1) is 13.9. The number of hydrogen-bond acceptors (Lipinski definition) is 6. The smallest absolute Gasteiger partial charge is 0.310 e. The summed E-state index contributed by atoms with van der Waals surface area (Å²) in [5.74, 6) is -2.55. The molecule has 2 aromatic rings. The van der Waals surface area contributed by atoms with E-state index < -0.39 is 17.7 Å². The number of thiazole rings is 1. The molecule has 0 aliphatic carbocycles. The third kappa shape index (κ3) is 5.16. The molecule has 0 saturated carbocycles. The van der Waals surface area contributed by atoms with Gasteiger partial charge in [0.05, 0.1) is 24.3 Å². The monoisotopic (exact) mass is 423 g/mol. The lowest BCUT2D eigenvalue weighted by Gasteiger charge is -2.34. The Hall–Kier alpha value is -2.39. The second kappa shape index (κ2) is 9.41. The van der Waals surface area contributed by atoms with Crippen molar-refractivity contribution in [2.24, 2.45) is 5.92 Å². The van der Waals surface area contributed by atoms with E-state index in [0.717, 1.165) is 31.5 Å². The van der Waals surface area contributed by atoms with Crippen LogP contribution in [0.5, 0.6) is 0 Å². The van der Waals surface area contributed by atoms with Crippen LogP contribution in [0.3, 0.4) is 0 Å². The quantitative estimate of drug-likeness (QED) is 0.718. The van der Waals surface area contributed by atoms with E-state index in [9.17, 15) is 18.4 Å². The zero-order valence-corrected chi connectivity index (χ0v) is 17.1. The summed E-state index contributed by atoms with van der Waals surface area (Å²) in [4.78, 5) is 30.9. The molecule has 1 N–H and O–H groups in total. The number of halogens is 2. The highest BCUT2D eigenvalue weighted by Crippen LogP contribution is 2.27.